The molecule has 15 heteroatoms. The van der Waals surface area contributed by atoms with Crippen molar-refractivity contribution < 1.29 is 33.8 Å². The standard InChI is InChI=1S/C33H49N7O7.ClH/c34-31(35)38-19-8-7-16-29(42)36-21-17-28(41)30(43)37-18-9-10-22-40(33(45)47-25-27-14-5-2-6-15-27)23-11-20-39-32(44)46-24-26-12-3-1-4-13-26;/h1-6,12-15,28,41H,7-11,16-25H2,(H,36,42)(H,37,43)(H,39,44)(H4,34,35,38);1H. The summed E-state index contributed by atoms with van der Waals surface area (Å²) in [5.41, 5.74) is 12.3. The van der Waals surface area contributed by atoms with Crippen LogP contribution in [0.5, 0.6) is 0 Å². The van der Waals surface area contributed by atoms with Crippen LogP contribution in [0.2, 0.25) is 0 Å². The van der Waals surface area contributed by atoms with Gasteiger partial charge in [0.05, 0.1) is 0 Å². The molecule has 4 amide bonds. The molecular weight excluding hydrogens is 642 g/mol. The summed E-state index contributed by atoms with van der Waals surface area (Å²) in [7, 11) is 0. The molecule has 8 N–H and O–H groups in total. The minimum absolute atomic E-state index is 0. The molecule has 0 aliphatic heterocycles. The van der Waals surface area contributed by atoms with Gasteiger partial charge >= 0.3 is 12.2 Å². The maximum absolute atomic E-state index is 12.9. The maximum atomic E-state index is 12.9. The second-order valence-electron chi connectivity index (χ2n) is 10.8. The Kier molecular flexibility index (Phi) is 22.0. The van der Waals surface area contributed by atoms with Crippen molar-refractivity contribution in [3.05, 3.63) is 71.8 Å². The maximum Gasteiger partial charge on any atom is 0.410 e. The Labute approximate surface area is 288 Å². The molecule has 266 valence electrons. The van der Waals surface area contributed by atoms with E-state index in [9.17, 15) is 24.3 Å². The number of nitrogens with one attached hydrogen (secondary N) is 3. The van der Waals surface area contributed by atoms with Gasteiger partial charge in [0, 0.05) is 45.7 Å². The zero-order valence-corrected chi connectivity index (χ0v) is 28.1. The number of unbranched alkanes of at least 4 members (excludes halogenated alkanes) is 2. The lowest BCUT2D eigenvalue weighted by Crippen LogP contribution is -2.38. The van der Waals surface area contributed by atoms with Crippen molar-refractivity contribution in [3.8, 4) is 0 Å². The van der Waals surface area contributed by atoms with E-state index in [1.807, 2.05) is 60.7 Å². The van der Waals surface area contributed by atoms with E-state index in [1.54, 1.807) is 4.90 Å². The van der Waals surface area contributed by atoms with Gasteiger partial charge in [-0.05, 0) is 49.7 Å². The van der Waals surface area contributed by atoms with Crippen LogP contribution in [0, 0.1) is 0 Å². The van der Waals surface area contributed by atoms with E-state index in [0.29, 0.717) is 71.2 Å². The molecule has 1 atom stereocenters. The molecule has 0 heterocycles. The topological polar surface area (TPSA) is 211 Å². The summed E-state index contributed by atoms with van der Waals surface area (Å²) in [6.45, 7) is 2.26. The van der Waals surface area contributed by atoms with Crippen molar-refractivity contribution in [2.24, 2.45) is 16.5 Å². The number of benzene rings is 2. The average Bonchev–Trinajstić information content (AvgIpc) is 3.07. The number of rotatable bonds is 22. The van der Waals surface area contributed by atoms with Gasteiger partial charge in [0.2, 0.25) is 11.8 Å². The molecule has 0 aromatic heterocycles. The van der Waals surface area contributed by atoms with Crippen LogP contribution in [-0.4, -0.2) is 85.3 Å². The van der Waals surface area contributed by atoms with E-state index in [0.717, 1.165) is 11.1 Å². The fourth-order valence-electron chi connectivity index (χ4n) is 4.27. The Morgan fingerprint density at radius 2 is 1.35 bits per heavy atom. The van der Waals surface area contributed by atoms with Crippen LogP contribution in [0.25, 0.3) is 0 Å². The first-order valence-corrected chi connectivity index (χ1v) is 15.9. The number of carbonyl (C=O) groups excluding carboxylic acids is 4. The first kappa shape index (κ1) is 41.5. The van der Waals surface area contributed by atoms with Crippen molar-refractivity contribution in [1.29, 1.82) is 0 Å². The second-order valence-corrected chi connectivity index (χ2v) is 10.8. The van der Waals surface area contributed by atoms with Crippen LogP contribution in [-0.2, 0) is 32.3 Å². The van der Waals surface area contributed by atoms with Crippen molar-refractivity contribution in [1.82, 2.24) is 20.9 Å². The zero-order valence-electron chi connectivity index (χ0n) is 27.3. The lowest BCUT2D eigenvalue weighted by atomic mass is 10.2. The number of nitrogens with zero attached hydrogens (tertiary/aromatic N) is 2. The molecule has 0 saturated carbocycles. The van der Waals surface area contributed by atoms with Crippen LogP contribution >= 0.6 is 12.4 Å². The number of alkyl carbamates (subject to hydrolysis) is 1. The van der Waals surface area contributed by atoms with Crippen LogP contribution in [0.15, 0.2) is 65.7 Å². The molecule has 2 aromatic carbocycles. The number of hydrogen-bond acceptors (Lipinski definition) is 8. The van der Waals surface area contributed by atoms with Crippen LogP contribution in [0.4, 0.5) is 9.59 Å². The first-order valence-electron chi connectivity index (χ1n) is 15.9. The van der Waals surface area contributed by atoms with E-state index in [2.05, 4.69) is 20.9 Å². The van der Waals surface area contributed by atoms with Crippen LogP contribution in [0.3, 0.4) is 0 Å². The molecule has 0 radical (unpaired) electrons. The Morgan fingerprint density at radius 3 is 2.00 bits per heavy atom. The van der Waals surface area contributed by atoms with E-state index < -0.39 is 24.2 Å². The lowest BCUT2D eigenvalue weighted by molar-refractivity contribution is -0.130. The predicted octanol–water partition coefficient (Wildman–Crippen LogP) is 2.57. The van der Waals surface area contributed by atoms with Crippen molar-refractivity contribution >= 4 is 42.4 Å². The van der Waals surface area contributed by atoms with E-state index in [-0.39, 0.29) is 50.5 Å². The Morgan fingerprint density at radius 1 is 0.750 bits per heavy atom. The quantitative estimate of drug-likeness (QED) is 0.0608. The molecule has 0 aliphatic rings. The molecule has 0 aliphatic carbocycles. The number of ether oxygens (including phenoxy) is 2. The summed E-state index contributed by atoms with van der Waals surface area (Å²) in [5.74, 6) is -0.683. The van der Waals surface area contributed by atoms with Crippen molar-refractivity contribution in [2.75, 3.05) is 39.3 Å². The zero-order chi connectivity index (χ0) is 34.1. The normalized spacial score (nSPS) is 10.9. The SMILES string of the molecule is Cl.NC(N)=NCCCCC(=O)NCCC(O)C(=O)NCCCCN(CCCNC(=O)OCc1ccccc1)C(=O)OCc1ccccc1. The smallest absolute Gasteiger partial charge is 0.410 e. The summed E-state index contributed by atoms with van der Waals surface area (Å²) < 4.78 is 10.7. The number of amides is 4. The fraction of sp³-hybridized carbons (Fsp3) is 0.485. The molecule has 2 aromatic rings. The number of guanidine groups is 1. The van der Waals surface area contributed by atoms with Gasteiger partial charge in [-0.15, -0.1) is 12.4 Å². The molecule has 0 bridgehead atoms. The van der Waals surface area contributed by atoms with Gasteiger partial charge in [0.25, 0.3) is 0 Å². The van der Waals surface area contributed by atoms with Crippen LogP contribution in [0.1, 0.15) is 56.1 Å². The third kappa shape index (κ3) is 19.8. The monoisotopic (exact) mass is 691 g/mol. The highest BCUT2D eigenvalue weighted by Crippen LogP contribution is 2.06. The molecule has 0 spiro atoms. The van der Waals surface area contributed by atoms with Gasteiger partial charge in [-0.25, -0.2) is 9.59 Å². The van der Waals surface area contributed by atoms with Gasteiger partial charge in [0.1, 0.15) is 19.3 Å². The van der Waals surface area contributed by atoms with E-state index in [4.69, 9.17) is 20.9 Å². The largest absolute Gasteiger partial charge is 0.445 e. The van der Waals surface area contributed by atoms with E-state index in [1.165, 1.54) is 0 Å². The molecule has 48 heavy (non-hydrogen) atoms. The van der Waals surface area contributed by atoms with Gasteiger partial charge in [0.15, 0.2) is 5.96 Å². The highest BCUT2D eigenvalue weighted by atomic mass is 35.5. The third-order valence-corrected chi connectivity index (χ3v) is 6.85. The lowest BCUT2D eigenvalue weighted by Gasteiger charge is -2.22. The number of aliphatic imine (C=N–C) groups is 1. The van der Waals surface area contributed by atoms with Crippen LogP contribution < -0.4 is 27.4 Å². The fourth-order valence-corrected chi connectivity index (χ4v) is 4.27. The Balaban J connectivity index is 0.0000115. The molecule has 2 rings (SSSR count). The Hall–Kier alpha value is -4.56. The summed E-state index contributed by atoms with van der Waals surface area (Å²) in [6, 6.07) is 18.7. The molecule has 0 saturated heterocycles. The van der Waals surface area contributed by atoms with Gasteiger partial charge in [-0.1, -0.05) is 60.7 Å². The molecule has 14 nitrogen and oxygen atoms in total. The number of aliphatic hydroxyl groups excluding tert-OH is 1. The number of hydrogen-bond donors (Lipinski definition) is 6. The van der Waals surface area contributed by atoms with Gasteiger partial charge in [-0.3, -0.25) is 14.6 Å². The summed E-state index contributed by atoms with van der Waals surface area (Å²) >= 11 is 0. The van der Waals surface area contributed by atoms with Gasteiger partial charge in [-0.2, -0.15) is 0 Å². The molecule has 1 unspecified atom stereocenters. The third-order valence-electron chi connectivity index (χ3n) is 6.85. The minimum atomic E-state index is -1.26. The average molecular weight is 692 g/mol. The number of nitrogens with two attached hydrogens (primary N) is 2. The Bertz CT molecular complexity index is 1240. The highest BCUT2D eigenvalue weighted by Gasteiger charge is 2.17. The molecule has 0 fully saturated rings. The summed E-state index contributed by atoms with van der Waals surface area (Å²) in [5, 5.41) is 18.2. The van der Waals surface area contributed by atoms with Crippen molar-refractivity contribution in [3.63, 3.8) is 0 Å². The number of halogens is 1. The summed E-state index contributed by atoms with van der Waals surface area (Å²) in [6.07, 6.45) is 1.02. The predicted molar refractivity (Wildman–Crippen MR) is 185 cm³/mol. The second kappa shape index (κ2) is 25.5. The number of carbonyl (C=O) groups is 4. The highest BCUT2D eigenvalue weighted by molar-refractivity contribution is 5.85. The number of aliphatic hydroxyl groups is 1. The summed E-state index contributed by atoms with van der Waals surface area (Å²) in [4.78, 5) is 54.5. The molecular formula is C33H50ClN7O7. The first-order chi connectivity index (χ1) is 22.7. The van der Waals surface area contributed by atoms with Crippen molar-refractivity contribution in [2.45, 2.75) is 64.3 Å². The van der Waals surface area contributed by atoms with Gasteiger partial charge < -0.3 is 46.9 Å². The minimum Gasteiger partial charge on any atom is -0.445 e. The van der Waals surface area contributed by atoms with E-state index >= 15 is 0 Å².